The summed E-state index contributed by atoms with van der Waals surface area (Å²) in [5.74, 6) is -0.520. The number of morpholine rings is 1. The third-order valence-corrected chi connectivity index (χ3v) is 7.87. The fourth-order valence-electron chi connectivity index (χ4n) is 3.38. The maximum atomic E-state index is 12.4. The van der Waals surface area contributed by atoms with Gasteiger partial charge in [-0.15, -0.1) is 11.3 Å². The summed E-state index contributed by atoms with van der Waals surface area (Å²) >= 11 is 1.10. The van der Waals surface area contributed by atoms with Crippen LogP contribution in [0.3, 0.4) is 0 Å². The summed E-state index contributed by atoms with van der Waals surface area (Å²) in [7, 11) is -3.68. The number of benzene rings is 2. The molecule has 1 aliphatic rings. The standard InChI is InChI=1S/C22H21N5O6S2/c28-22(17-4-6-18(7-5-17)25-35(31,32)21-2-1-13-34-21)24-23-15-16-3-8-19(20(14-16)27(29)30)26-9-11-33-12-10-26/h1-8,13-15,25H,9-12H2,(H,24,28)/b23-15-. The highest BCUT2D eigenvalue weighted by molar-refractivity contribution is 7.94. The minimum atomic E-state index is -3.68. The van der Waals surface area contributed by atoms with Crippen LogP contribution in [0.4, 0.5) is 17.1 Å². The van der Waals surface area contributed by atoms with E-state index >= 15 is 0 Å². The van der Waals surface area contributed by atoms with E-state index in [2.05, 4.69) is 15.2 Å². The molecular formula is C22H21N5O6S2. The van der Waals surface area contributed by atoms with Crippen molar-refractivity contribution in [1.29, 1.82) is 0 Å². The smallest absolute Gasteiger partial charge is 0.293 e. The first kappa shape index (κ1) is 24.3. The zero-order valence-corrected chi connectivity index (χ0v) is 19.9. The second-order valence-electron chi connectivity index (χ2n) is 7.42. The Bertz CT molecular complexity index is 1340. The van der Waals surface area contributed by atoms with E-state index in [1.807, 2.05) is 4.90 Å². The van der Waals surface area contributed by atoms with E-state index in [-0.39, 0.29) is 15.5 Å². The molecule has 2 heterocycles. The number of amides is 1. The molecular weight excluding hydrogens is 494 g/mol. The molecule has 0 unspecified atom stereocenters. The highest BCUT2D eigenvalue weighted by atomic mass is 32.2. The maximum absolute atomic E-state index is 12.4. The van der Waals surface area contributed by atoms with Gasteiger partial charge in [-0.25, -0.2) is 13.8 Å². The zero-order chi connectivity index (χ0) is 24.8. The Labute approximate surface area is 205 Å². The predicted octanol–water partition coefficient (Wildman–Crippen LogP) is 3.06. The number of nitrogens with one attached hydrogen (secondary N) is 2. The van der Waals surface area contributed by atoms with E-state index in [1.165, 1.54) is 42.6 Å². The molecule has 0 atom stereocenters. The van der Waals surface area contributed by atoms with Gasteiger partial charge >= 0.3 is 0 Å². The van der Waals surface area contributed by atoms with Crippen molar-refractivity contribution in [2.45, 2.75) is 4.21 Å². The number of nitro benzene ring substituents is 1. The summed E-state index contributed by atoms with van der Waals surface area (Å²) in [4.78, 5) is 25.4. The summed E-state index contributed by atoms with van der Waals surface area (Å²) < 4.78 is 32.5. The van der Waals surface area contributed by atoms with Crippen molar-refractivity contribution in [3.8, 4) is 0 Å². The Balaban J connectivity index is 1.39. The lowest BCUT2D eigenvalue weighted by atomic mass is 10.1. The molecule has 13 heteroatoms. The van der Waals surface area contributed by atoms with Gasteiger partial charge in [-0.2, -0.15) is 5.10 Å². The number of carbonyl (C=O) groups excluding carboxylic acids is 1. The van der Waals surface area contributed by atoms with Gasteiger partial charge in [0.15, 0.2) is 0 Å². The Morgan fingerprint density at radius 1 is 1.14 bits per heavy atom. The van der Waals surface area contributed by atoms with Crippen LogP contribution in [-0.4, -0.2) is 51.8 Å². The van der Waals surface area contributed by atoms with Gasteiger partial charge in [0, 0.05) is 36.0 Å². The molecule has 0 radical (unpaired) electrons. The zero-order valence-electron chi connectivity index (χ0n) is 18.3. The van der Waals surface area contributed by atoms with E-state index < -0.39 is 20.9 Å². The molecule has 1 amide bonds. The quantitative estimate of drug-likeness (QED) is 0.267. The highest BCUT2D eigenvalue weighted by Crippen LogP contribution is 2.29. The lowest BCUT2D eigenvalue weighted by Gasteiger charge is -2.28. The van der Waals surface area contributed by atoms with Gasteiger partial charge in [-0.1, -0.05) is 12.1 Å². The van der Waals surface area contributed by atoms with Gasteiger partial charge in [0.05, 0.1) is 24.4 Å². The summed E-state index contributed by atoms with van der Waals surface area (Å²) in [6.07, 6.45) is 1.32. The number of ether oxygens (including phenoxy) is 1. The molecule has 2 aromatic carbocycles. The SMILES string of the molecule is O=C(N/N=C\c1ccc(N2CCOCC2)c([N+](=O)[O-])c1)c1ccc(NS(=O)(=O)c2cccs2)cc1. The van der Waals surface area contributed by atoms with E-state index in [4.69, 9.17) is 4.74 Å². The van der Waals surface area contributed by atoms with Crippen molar-refractivity contribution >= 4 is 50.5 Å². The summed E-state index contributed by atoms with van der Waals surface area (Å²) in [6, 6.07) is 13.7. The molecule has 3 aromatic rings. The molecule has 4 rings (SSSR count). The van der Waals surface area contributed by atoms with Crippen LogP contribution in [0.5, 0.6) is 0 Å². The van der Waals surface area contributed by atoms with E-state index in [0.29, 0.717) is 43.2 Å². The first-order valence-corrected chi connectivity index (χ1v) is 12.8. The molecule has 0 bridgehead atoms. The van der Waals surface area contributed by atoms with Crippen LogP contribution in [0.15, 0.2) is 69.3 Å². The molecule has 0 aliphatic carbocycles. The van der Waals surface area contributed by atoms with Gasteiger partial charge in [-0.3, -0.25) is 19.6 Å². The van der Waals surface area contributed by atoms with Crippen LogP contribution in [0.25, 0.3) is 0 Å². The molecule has 2 N–H and O–H groups in total. The average molecular weight is 516 g/mol. The number of hydrogen-bond donors (Lipinski definition) is 2. The second-order valence-corrected chi connectivity index (χ2v) is 10.3. The fraction of sp³-hybridized carbons (Fsp3) is 0.182. The average Bonchev–Trinajstić information content (AvgIpc) is 3.41. The molecule has 182 valence electrons. The lowest BCUT2D eigenvalue weighted by Crippen LogP contribution is -2.36. The minimum Gasteiger partial charge on any atom is -0.378 e. The lowest BCUT2D eigenvalue weighted by molar-refractivity contribution is -0.384. The maximum Gasteiger partial charge on any atom is 0.293 e. The Hall–Kier alpha value is -3.81. The normalized spacial score (nSPS) is 14.1. The van der Waals surface area contributed by atoms with Crippen LogP contribution >= 0.6 is 11.3 Å². The number of nitrogens with zero attached hydrogens (tertiary/aromatic N) is 3. The van der Waals surface area contributed by atoms with Gasteiger partial charge in [0.2, 0.25) is 0 Å². The van der Waals surface area contributed by atoms with Crippen molar-refractivity contribution in [2.24, 2.45) is 5.10 Å². The predicted molar refractivity (Wildman–Crippen MR) is 133 cm³/mol. The molecule has 1 aromatic heterocycles. The summed E-state index contributed by atoms with van der Waals surface area (Å²) in [5, 5.41) is 17.1. The molecule has 1 aliphatic heterocycles. The molecule has 0 spiro atoms. The van der Waals surface area contributed by atoms with Gasteiger partial charge < -0.3 is 9.64 Å². The number of thiophene rings is 1. The first-order chi connectivity index (χ1) is 16.8. The van der Waals surface area contributed by atoms with E-state index in [9.17, 15) is 23.3 Å². The highest BCUT2D eigenvalue weighted by Gasteiger charge is 2.21. The van der Waals surface area contributed by atoms with Gasteiger partial charge in [-0.05, 0) is 41.8 Å². The number of anilines is 2. The Morgan fingerprint density at radius 3 is 2.54 bits per heavy atom. The van der Waals surface area contributed by atoms with Gasteiger partial charge in [0.1, 0.15) is 9.90 Å². The van der Waals surface area contributed by atoms with Crippen LogP contribution < -0.4 is 15.0 Å². The van der Waals surface area contributed by atoms with Crippen LogP contribution in [0, 0.1) is 10.1 Å². The molecule has 1 saturated heterocycles. The van der Waals surface area contributed by atoms with Crippen LogP contribution in [-0.2, 0) is 14.8 Å². The molecule has 11 nitrogen and oxygen atoms in total. The van der Waals surface area contributed by atoms with E-state index in [1.54, 1.807) is 23.6 Å². The Kier molecular flexibility index (Phi) is 7.39. The molecule has 0 saturated carbocycles. The third-order valence-electron chi connectivity index (χ3n) is 5.09. The largest absolute Gasteiger partial charge is 0.378 e. The second kappa shape index (κ2) is 10.6. The van der Waals surface area contributed by atoms with Crippen molar-refractivity contribution in [2.75, 3.05) is 35.9 Å². The number of carbonyl (C=O) groups is 1. The van der Waals surface area contributed by atoms with Gasteiger partial charge in [0.25, 0.3) is 21.6 Å². The molecule has 1 fully saturated rings. The third kappa shape index (κ3) is 6.01. The Morgan fingerprint density at radius 2 is 1.89 bits per heavy atom. The topological polar surface area (TPSA) is 143 Å². The molecule has 35 heavy (non-hydrogen) atoms. The van der Waals surface area contributed by atoms with E-state index in [0.717, 1.165) is 11.3 Å². The first-order valence-electron chi connectivity index (χ1n) is 10.4. The number of rotatable bonds is 8. The number of nitro groups is 1. The van der Waals surface area contributed by atoms with Crippen molar-refractivity contribution in [1.82, 2.24) is 5.43 Å². The van der Waals surface area contributed by atoms with Crippen LogP contribution in [0.2, 0.25) is 0 Å². The van der Waals surface area contributed by atoms with Crippen molar-refractivity contribution < 1.29 is 22.9 Å². The number of hydrazone groups is 1. The summed E-state index contributed by atoms with van der Waals surface area (Å²) in [6.45, 7) is 2.15. The van der Waals surface area contributed by atoms with Crippen molar-refractivity contribution in [3.05, 3.63) is 81.2 Å². The summed E-state index contributed by atoms with van der Waals surface area (Å²) in [5.41, 5.74) is 3.84. The monoisotopic (exact) mass is 515 g/mol. The fourth-order valence-corrected chi connectivity index (χ4v) is 5.43. The number of hydrogen-bond acceptors (Lipinski definition) is 9. The van der Waals surface area contributed by atoms with Crippen molar-refractivity contribution in [3.63, 3.8) is 0 Å². The number of sulfonamides is 1. The minimum absolute atomic E-state index is 0.0530. The van der Waals surface area contributed by atoms with Crippen LogP contribution in [0.1, 0.15) is 15.9 Å².